The monoisotopic (exact) mass is 1290 g/mol. The minimum Gasteiger partial charge on any atom is -0.508 e. The number of nitrogens with zero attached hydrogens (tertiary/aromatic N) is 8. The Labute approximate surface area is 535 Å². The molecule has 1 aliphatic heterocycles. The summed E-state index contributed by atoms with van der Waals surface area (Å²) >= 11 is 0. The lowest BCUT2D eigenvalue weighted by atomic mass is 9.90. The number of carbonyl (C=O) groups excluding carboxylic acids is 8. The maximum absolute atomic E-state index is 14.4. The molecule has 31 nitrogen and oxygen atoms in total. The van der Waals surface area contributed by atoms with Crippen LogP contribution in [-0.4, -0.2) is 284 Å². The van der Waals surface area contributed by atoms with E-state index in [1.165, 1.54) is 43.1 Å². The number of rotatable bonds is 34. The van der Waals surface area contributed by atoms with Crippen molar-refractivity contribution in [1.29, 1.82) is 0 Å². The number of likely N-dealkylation sites (N-methyl/N-ethyl adjacent to an activating group) is 3. The van der Waals surface area contributed by atoms with Crippen molar-refractivity contribution in [3.05, 3.63) is 95.6 Å². The lowest BCUT2D eigenvalue weighted by Crippen LogP contribution is -2.50. The molecule has 0 aromatic heterocycles. The topological polar surface area (TPSA) is 414 Å². The normalized spacial score (nSPS) is 14.3. The summed E-state index contributed by atoms with van der Waals surface area (Å²) < 4.78 is 0. The molecule has 92 heavy (non-hydrogen) atoms. The Bertz CT molecular complexity index is 2910. The van der Waals surface area contributed by atoms with E-state index in [9.17, 15) is 73.2 Å². The van der Waals surface area contributed by atoms with E-state index < -0.39 is 71.3 Å². The van der Waals surface area contributed by atoms with Gasteiger partial charge in [-0.3, -0.25) is 67.5 Å². The summed E-state index contributed by atoms with van der Waals surface area (Å²) in [7, 11) is 4.23. The van der Waals surface area contributed by atoms with Crippen molar-refractivity contribution in [3.8, 4) is 5.75 Å². The Morgan fingerprint density at radius 1 is 0.522 bits per heavy atom. The molecule has 2 atom stereocenters. The number of hydrogen-bond acceptors (Lipinski definition) is 17. The van der Waals surface area contributed by atoms with Gasteiger partial charge in [0, 0.05) is 125 Å². The highest BCUT2D eigenvalue weighted by Gasteiger charge is 2.29. The number of phenols is 1. The molecule has 31 heteroatoms. The van der Waals surface area contributed by atoms with Crippen LogP contribution in [0.2, 0.25) is 0 Å². The van der Waals surface area contributed by atoms with Crippen molar-refractivity contribution in [2.45, 2.75) is 51.1 Å². The summed E-state index contributed by atoms with van der Waals surface area (Å²) in [5, 5.41) is 58.2. The number of amides is 9. The quantitative estimate of drug-likeness (QED) is 0.0175. The zero-order chi connectivity index (χ0) is 67.5. The van der Waals surface area contributed by atoms with E-state index in [0.717, 1.165) is 16.2 Å². The maximum atomic E-state index is 14.4. The number of aromatic hydroxyl groups is 1. The average Bonchev–Trinajstić information content (AvgIpc) is 0.859. The van der Waals surface area contributed by atoms with Crippen molar-refractivity contribution in [1.82, 2.24) is 66.2 Å². The highest BCUT2D eigenvalue weighted by Crippen LogP contribution is 2.27. The second kappa shape index (κ2) is 40.3. The second-order valence-corrected chi connectivity index (χ2v) is 22.1. The first-order valence-corrected chi connectivity index (χ1v) is 30.3. The smallest absolute Gasteiger partial charge is 0.344 e. The Morgan fingerprint density at radius 3 is 1.53 bits per heavy atom. The number of nitrogens with two attached hydrogens (primary N) is 1. The highest BCUT2D eigenvalue weighted by atomic mass is 16.4. The number of benzene rings is 3. The number of carbonyl (C=O) groups is 11. The van der Waals surface area contributed by atoms with E-state index in [1.807, 2.05) is 30.3 Å². The number of nitrogens with one attached hydrogen (secondary N) is 7. The number of anilines is 1. The molecule has 4 rings (SSSR count). The molecule has 3 aromatic rings. The molecule has 3 aromatic carbocycles. The molecule has 504 valence electrons. The van der Waals surface area contributed by atoms with Gasteiger partial charge in [-0.2, -0.15) is 4.99 Å². The lowest BCUT2D eigenvalue weighted by Gasteiger charge is -2.33. The zero-order valence-electron chi connectivity index (χ0n) is 52.8. The molecule has 0 spiro atoms. The molecular weight excluding hydrogens is 1200 g/mol. The summed E-state index contributed by atoms with van der Waals surface area (Å²) in [6.45, 7) is 2.51. The number of carboxylic acids is 3. The summed E-state index contributed by atoms with van der Waals surface area (Å²) in [4.78, 5) is 153. The van der Waals surface area contributed by atoms with Gasteiger partial charge in [0.1, 0.15) is 11.8 Å². The molecule has 9 amide bonds. The van der Waals surface area contributed by atoms with Crippen LogP contribution < -0.4 is 43.0 Å². The SMILES string of the molecule is CCC(=O)NCCNC(=O)/N=C(/N)NCCC[C@@H](NC(=O)[C@H](c1ccccc1)c1ccc(NCCCNC(=O)CN(C)C(=O)CN(C)C(=O)CN(C)C(=O)CN2CCN(CC(=O)O)CCN(CC(=O)O)CCN(CC(=O)O)CC2)cc1)C(=O)NCc1ccc(O)cc1. The lowest BCUT2D eigenvalue weighted by molar-refractivity contribution is -0.143. The predicted molar refractivity (Wildman–Crippen MR) is 340 cm³/mol. The third-order valence-electron chi connectivity index (χ3n) is 14.7. The van der Waals surface area contributed by atoms with Gasteiger partial charge >= 0.3 is 23.9 Å². The molecule has 13 N–H and O–H groups in total. The fraction of sp³-hybridized carbons (Fsp3) is 0.508. The molecule has 0 radical (unpaired) electrons. The van der Waals surface area contributed by atoms with Gasteiger partial charge in [-0.25, -0.2) is 4.79 Å². The Morgan fingerprint density at radius 2 is 1.00 bits per heavy atom. The fourth-order valence-electron chi connectivity index (χ4n) is 9.42. The maximum Gasteiger partial charge on any atom is 0.344 e. The first-order chi connectivity index (χ1) is 43.9. The third-order valence-corrected chi connectivity index (χ3v) is 14.7. The minimum absolute atomic E-state index is 0.0667. The first kappa shape index (κ1) is 75.0. The van der Waals surface area contributed by atoms with Gasteiger partial charge in [0.25, 0.3) is 0 Å². The molecular formula is C61H90N16O15. The average molecular weight is 1290 g/mol. The number of guanidine groups is 1. The molecule has 0 unspecified atom stereocenters. The van der Waals surface area contributed by atoms with Crippen LogP contribution in [0.15, 0.2) is 83.9 Å². The fourth-order valence-corrected chi connectivity index (χ4v) is 9.42. The van der Waals surface area contributed by atoms with Crippen molar-refractivity contribution < 1.29 is 73.2 Å². The molecule has 0 aliphatic carbocycles. The second-order valence-electron chi connectivity index (χ2n) is 22.1. The Balaban J connectivity index is 1.26. The number of carboxylic acid groups (broad SMARTS) is 3. The van der Waals surface area contributed by atoms with Crippen molar-refractivity contribution in [2.24, 2.45) is 10.7 Å². The number of urea groups is 1. The van der Waals surface area contributed by atoms with Crippen LogP contribution in [-0.2, 0) is 54.5 Å². The summed E-state index contributed by atoms with van der Waals surface area (Å²) in [5.74, 6) is -7.24. The van der Waals surface area contributed by atoms with Crippen molar-refractivity contribution in [2.75, 3.05) is 157 Å². The van der Waals surface area contributed by atoms with Gasteiger partial charge in [0.05, 0.1) is 51.7 Å². The molecule has 0 saturated carbocycles. The highest BCUT2D eigenvalue weighted by molar-refractivity contribution is 5.93. The van der Waals surface area contributed by atoms with Crippen LogP contribution in [0, 0.1) is 0 Å². The van der Waals surface area contributed by atoms with Gasteiger partial charge < -0.3 is 78.1 Å². The van der Waals surface area contributed by atoms with E-state index in [2.05, 4.69) is 42.2 Å². The minimum atomic E-state index is -1.09. The summed E-state index contributed by atoms with van der Waals surface area (Å²) in [6.07, 6.45) is 1.28. The van der Waals surface area contributed by atoms with E-state index in [0.29, 0.717) is 36.9 Å². The van der Waals surface area contributed by atoms with Crippen LogP contribution in [0.1, 0.15) is 55.2 Å². The van der Waals surface area contributed by atoms with E-state index in [4.69, 9.17) is 5.73 Å². The summed E-state index contributed by atoms with van der Waals surface area (Å²) in [6, 6.07) is 20.9. The van der Waals surface area contributed by atoms with E-state index >= 15 is 0 Å². The Kier molecular flexibility index (Phi) is 32.9. The molecule has 1 aliphatic rings. The van der Waals surface area contributed by atoms with Gasteiger partial charge in [-0.15, -0.1) is 0 Å². The third kappa shape index (κ3) is 29.4. The number of aliphatic imine (C=N–C) groups is 1. The standard InChI is InChI=1S/C61H90N16O15/c1-5-49(79)65-25-26-67-61(92)70-60(62)66-22-9-13-48(58(90)68-35-43-14-20-47(78)21-15-43)69-59(91)57(44-11-7-6-8-12-44)45-16-18-46(19-17-45)63-23-10-24-64-50(80)36-71(2)51(81)37-72(3)52(82)38-73(4)53(83)39-74-27-29-75(40-54(84)85)31-33-77(42-56(88)89)34-32-76(30-28-74)41-55(86)87/h6-8,11-12,14-21,48,57,63,78H,5,9-10,13,22-42H2,1-4H3,(H,64,80)(H,65,79)(H,68,90)(H,69,91)(H,84,85)(H,86,87)(H,88,89)(H4,62,66,67,70,92)/t48-,57-/m1/s1. The first-order valence-electron chi connectivity index (χ1n) is 30.3. The van der Waals surface area contributed by atoms with Gasteiger partial charge in [-0.05, 0) is 60.2 Å². The van der Waals surface area contributed by atoms with E-state index in [-0.39, 0.29) is 155 Å². The largest absolute Gasteiger partial charge is 0.508 e. The van der Waals surface area contributed by atoms with Crippen LogP contribution in [0.25, 0.3) is 0 Å². The summed E-state index contributed by atoms with van der Waals surface area (Å²) in [5.41, 5.74) is 8.68. The number of aliphatic carboxylic acids is 3. The number of phenolic OH excluding ortho intramolecular Hbond substituents is 1. The van der Waals surface area contributed by atoms with Gasteiger partial charge in [0.15, 0.2) is 5.96 Å². The van der Waals surface area contributed by atoms with Crippen LogP contribution >= 0.6 is 0 Å². The van der Waals surface area contributed by atoms with Crippen LogP contribution in [0.4, 0.5) is 10.5 Å². The van der Waals surface area contributed by atoms with Crippen molar-refractivity contribution in [3.63, 3.8) is 0 Å². The molecule has 1 fully saturated rings. The van der Waals surface area contributed by atoms with Gasteiger partial charge in [-0.1, -0.05) is 61.5 Å². The van der Waals surface area contributed by atoms with Crippen LogP contribution in [0.3, 0.4) is 0 Å². The van der Waals surface area contributed by atoms with Crippen LogP contribution in [0.5, 0.6) is 5.75 Å². The molecule has 0 bridgehead atoms. The predicted octanol–water partition coefficient (Wildman–Crippen LogP) is -1.99. The zero-order valence-corrected chi connectivity index (χ0v) is 52.8. The van der Waals surface area contributed by atoms with Crippen molar-refractivity contribution >= 4 is 76.9 Å². The van der Waals surface area contributed by atoms with E-state index in [1.54, 1.807) is 62.9 Å². The number of hydrogen-bond donors (Lipinski definition) is 12. The molecule has 1 saturated heterocycles. The molecule has 1 heterocycles. The Hall–Kier alpha value is -9.46. The van der Waals surface area contributed by atoms with Gasteiger partial charge in [0.2, 0.25) is 41.4 Å².